The molecule has 2 aliphatic heterocycles. The molecule has 8 bridgehead atoms. The lowest BCUT2D eigenvalue weighted by atomic mass is 9.37. The Hall–Kier alpha value is -2.70. The van der Waals surface area contributed by atoms with Gasteiger partial charge in [0.2, 0.25) is 11.8 Å². The predicted molar refractivity (Wildman–Crippen MR) is 206 cm³/mol. The first-order valence-electron chi connectivity index (χ1n) is 21.1. The standard InChI is InChI=1S/C46H62N4O2/c1-49-14-13-37(26-49)48-41(52)46-23-34-19-43(30-46,29-45(22-34,31-46)36-11-7-4-8-12-36)24-39-16-38(27-50(39)2)47-40(51)25-42-17-32-15-33(18-42)21-44(20-32,28-42)35-9-5-3-6-10-35/h3-12,32-34,37-39H,13-31H2,1-2H3,(H,47,51)(H,48,52)/t32?,33?,34?,37-,38-,39?,42?,43?,44?,45?,46?/m1/s1. The van der Waals surface area contributed by atoms with Crippen LogP contribution in [-0.2, 0) is 20.4 Å². The zero-order valence-corrected chi connectivity index (χ0v) is 31.9. The number of hydrogen-bond acceptors (Lipinski definition) is 4. The summed E-state index contributed by atoms with van der Waals surface area (Å²) in [6, 6.07) is 23.5. The molecule has 2 aromatic rings. The first kappa shape index (κ1) is 33.8. The molecule has 2 N–H and O–H groups in total. The molecule has 52 heavy (non-hydrogen) atoms. The summed E-state index contributed by atoms with van der Waals surface area (Å²) < 4.78 is 0. The minimum absolute atomic E-state index is 0.0875. The van der Waals surface area contributed by atoms with Crippen molar-refractivity contribution in [1.29, 1.82) is 0 Å². The lowest BCUT2D eigenvalue weighted by Crippen LogP contribution is -2.64. The summed E-state index contributed by atoms with van der Waals surface area (Å²) in [5.74, 6) is 2.82. The van der Waals surface area contributed by atoms with E-state index in [1.807, 2.05) is 0 Å². The van der Waals surface area contributed by atoms with Crippen LogP contribution in [0.4, 0.5) is 0 Å². The minimum atomic E-state index is -0.268. The average Bonchev–Trinajstić information content (AvgIpc) is 3.66. The summed E-state index contributed by atoms with van der Waals surface area (Å²) >= 11 is 0. The molecule has 9 atom stereocenters. The molecule has 10 fully saturated rings. The fourth-order valence-corrected chi connectivity index (χ4v) is 16.0. The van der Waals surface area contributed by atoms with Gasteiger partial charge in [-0.1, -0.05) is 60.7 Å². The van der Waals surface area contributed by atoms with Crippen molar-refractivity contribution in [2.45, 2.75) is 132 Å². The fourth-order valence-electron chi connectivity index (χ4n) is 16.0. The van der Waals surface area contributed by atoms with Crippen LogP contribution >= 0.6 is 0 Å². The van der Waals surface area contributed by atoms with Gasteiger partial charge in [-0.25, -0.2) is 0 Å². The Balaban J connectivity index is 0.847. The van der Waals surface area contributed by atoms with Crippen LogP contribution in [0, 0.1) is 34.0 Å². The molecular weight excluding hydrogens is 641 g/mol. The van der Waals surface area contributed by atoms with Crippen molar-refractivity contribution >= 4 is 11.8 Å². The second-order valence-electron chi connectivity index (χ2n) is 20.7. The number of rotatable bonds is 9. The van der Waals surface area contributed by atoms with E-state index in [0.29, 0.717) is 30.2 Å². The molecule has 0 radical (unpaired) electrons. The smallest absolute Gasteiger partial charge is 0.226 e. The van der Waals surface area contributed by atoms with Gasteiger partial charge in [0, 0.05) is 37.6 Å². The molecule has 12 rings (SSSR count). The first-order chi connectivity index (χ1) is 25.0. The summed E-state index contributed by atoms with van der Waals surface area (Å²) in [5.41, 5.74) is 3.42. The largest absolute Gasteiger partial charge is 0.352 e. The van der Waals surface area contributed by atoms with Crippen molar-refractivity contribution in [2.75, 3.05) is 33.7 Å². The summed E-state index contributed by atoms with van der Waals surface area (Å²) in [7, 11) is 4.47. The molecule has 0 spiro atoms. The zero-order valence-electron chi connectivity index (χ0n) is 31.9. The van der Waals surface area contributed by atoms with Crippen LogP contribution in [0.2, 0.25) is 0 Å². The van der Waals surface area contributed by atoms with E-state index in [0.717, 1.165) is 70.0 Å². The monoisotopic (exact) mass is 702 g/mol. The number of carbonyl (C=O) groups is 2. The van der Waals surface area contributed by atoms with Gasteiger partial charge >= 0.3 is 0 Å². The molecule has 2 saturated heterocycles. The average molecular weight is 703 g/mol. The molecule has 2 amide bonds. The van der Waals surface area contributed by atoms with Crippen LogP contribution in [0.25, 0.3) is 0 Å². The molecule has 2 heterocycles. The molecule has 10 aliphatic rings. The van der Waals surface area contributed by atoms with E-state index in [9.17, 15) is 9.59 Å². The molecule has 8 saturated carbocycles. The molecular formula is C46H62N4O2. The van der Waals surface area contributed by atoms with Gasteiger partial charge in [-0.3, -0.25) is 9.59 Å². The van der Waals surface area contributed by atoms with Crippen LogP contribution in [0.3, 0.4) is 0 Å². The Morgan fingerprint density at radius 1 is 0.673 bits per heavy atom. The second kappa shape index (κ2) is 12.2. The predicted octanol–water partition coefficient (Wildman–Crippen LogP) is 7.22. The van der Waals surface area contributed by atoms with E-state index < -0.39 is 0 Å². The van der Waals surface area contributed by atoms with E-state index in [4.69, 9.17) is 0 Å². The second-order valence-corrected chi connectivity index (χ2v) is 20.7. The molecule has 0 aromatic heterocycles. The highest BCUT2D eigenvalue weighted by atomic mass is 16.2. The maximum Gasteiger partial charge on any atom is 0.226 e. The highest BCUT2D eigenvalue weighted by molar-refractivity contribution is 5.84. The number of likely N-dealkylation sites (tertiary alicyclic amines) is 2. The third kappa shape index (κ3) is 5.71. The summed E-state index contributed by atoms with van der Waals surface area (Å²) in [4.78, 5) is 33.5. The van der Waals surface area contributed by atoms with Crippen molar-refractivity contribution in [3.05, 3.63) is 71.8 Å². The van der Waals surface area contributed by atoms with Gasteiger partial charge in [-0.15, -0.1) is 0 Å². The summed E-state index contributed by atoms with van der Waals surface area (Å²) in [6.45, 7) is 2.98. The van der Waals surface area contributed by atoms with Crippen molar-refractivity contribution < 1.29 is 9.59 Å². The SMILES string of the molecule is CN1CC[C@@H](NC(=O)C23CC4CC(CC5C[C@@H](NC(=O)CC67CC8CC(C6)CC(c6ccccc6)(C8)C7)CN5C)(C2)CC(c2ccccc2)(C4)C3)C1. The minimum Gasteiger partial charge on any atom is -0.352 e. The first-order valence-corrected chi connectivity index (χ1v) is 21.1. The molecule has 8 aliphatic carbocycles. The van der Waals surface area contributed by atoms with E-state index in [1.165, 1.54) is 68.9 Å². The third-order valence-corrected chi connectivity index (χ3v) is 16.6. The highest BCUT2D eigenvalue weighted by Gasteiger charge is 2.66. The van der Waals surface area contributed by atoms with E-state index >= 15 is 0 Å². The van der Waals surface area contributed by atoms with Gasteiger partial charge in [-0.2, -0.15) is 0 Å². The number of benzene rings is 2. The number of likely N-dealkylation sites (N-methyl/N-ethyl adjacent to an activating group) is 2. The quantitative estimate of drug-likeness (QED) is 0.290. The normalized spacial score (nSPS) is 44.7. The number of carbonyl (C=O) groups excluding carboxylic acids is 2. The number of nitrogens with one attached hydrogen (secondary N) is 2. The van der Waals surface area contributed by atoms with Crippen LogP contribution in [0.15, 0.2) is 60.7 Å². The Kier molecular flexibility index (Phi) is 7.91. The summed E-state index contributed by atoms with van der Waals surface area (Å²) in [6.07, 6.45) is 18.5. The molecule has 2 aromatic carbocycles. The van der Waals surface area contributed by atoms with Gasteiger partial charge in [-0.05, 0) is 167 Å². The van der Waals surface area contributed by atoms with Crippen LogP contribution in [-0.4, -0.2) is 73.5 Å². The Morgan fingerprint density at radius 3 is 2.02 bits per heavy atom. The number of nitrogens with zero attached hydrogens (tertiary/aromatic N) is 2. The maximum atomic E-state index is 14.5. The van der Waals surface area contributed by atoms with Gasteiger partial charge in [0.15, 0.2) is 0 Å². The number of amides is 2. The van der Waals surface area contributed by atoms with Crippen molar-refractivity contribution in [1.82, 2.24) is 20.4 Å². The summed E-state index contributed by atoms with van der Waals surface area (Å²) in [5, 5.41) is 7.24. The topological polar surface area (TPSA) is 64.7 Å². The molecule has 6 heteroatoms. The van der Waals surface area contributed by atoms with Crippen LogP contribution in [0.5, 0.6) is 0 Å². The maximum absolute atomic E-state index is 14.5. The highest BCUT2D eigenvalue weighted by Crippen LogP contribution is 2.72. The molecule has 7 unspecified atom stereocenters. The molecule has 6 nitrogen and oxygen atoms in total. The van der Waals surface area contributed by atoms with Gasteiger partial charge in [0.1, 0.15) is 0 Å². The lowest BCUT2D eigenvalue weighted by molar-refractivity contribution is -0.166. The van der Waals surface area contributed by atoms with Crippen molar-refractivity contribution in [3.8, 4) is 0 Å². The van der Waals surface area contributed by atoms with Gasteiger partial charge in [0.05, 0.1) is 5.41 Å². The Labute approximate surface area is 312 Å². The fraction of sp³-hybridized carbons (Fsp3) is 0.696. The number of hydrogen-bond donors (Lipinski definition) is 2. The molecule has 278 valence electrons. The third-order valence-electron chi connectivity index (χ3n) is 16.6. The van der Waals surface area contributed by atoms with Crippen molar-refractivity contribution in [2.24, 2.45) is 34.0 Å². The Morgan fingerprint density at radius 2 is 1.33 bits per heavy atom. The lowest BCUT2D eigenvalue weighted by Gasteiger charge is -2.67. The van der Waals surface area contributed by atoms with Gasteiger partial charge < -0.3 is 20.4 Å². The van der Waals surface area contributed by atoms with Crippen molar-refractivity contribution in [3.63, 3.8) is 0 Å². The van der Waals surface area contributed by atoms with Crippen LogP contribution in [0.1, 0.15) is 114 Å². The van der Waals surface area contributed by atoms with E-state index in [2.05, 4.69) is 95.2 Å². The Bertz CT molecular complexity index is 1680. The van der Waals surface area contributed by atoms with E-state index in [-0.39, 0.29) is 39.2 Å². The zero-order chi connectivity index (χ0) is 35.3. The van der Waals surface area contributed by atoms with E-state index in [1.54, 1.807) is 0 Å². The van der Waals surface area contributed by atoms with Crippen LogP contribution < -0.4 is 10.6 Å². The van der Waals surface area contributed by atoms with Gasteiger partial charge in [0.25, 0.3) is 0 Å².